The quantitative estimate of drug-likeness (QED) is 0.509. The number of ether oxygens (including phenoxy) is 1. The van der Waals surface area contributed by atoms with Crippen LogP contribution in [0.4, 0.5) is 5.69 Å². The van der Waals surface area contributed by atoms with E-state index in [2.05, 4.69) is 9.97 Å². The van der Waals surface area contributed by atoms with Crippen molar-refractivity contribution < 1.29 is 9.66 Å². The molecule has 0 unspecified atom stereocenters. The van der Waals surface area contributed by atoms with Crippen LogP contribution >= 0.6 is 0 Å². The highest BCUT2D eigenvalue weighted by molar-refractivity contribution is 6.00. The Balaban J connectivity index is 2.27. The molecule has 0 radical (unpaired) electrons. The molecule has 0 saturated carbocycles. The molecule has 2 aromatic rings. The highest BCUT2D eigenvalue weighted by atomic mass is 16.6. The van der Waals surface area contributed by atoms with E-state index in [9.17, 15) is 10.1 Å². The number of methoxy groups -OCH3 is 1. The summed E-state index contributed by atoms with van der Waals surface area (Å²) >= 11 is 0. The first-order chi connectivity index (χ1) is 9.61. The molecule has 102 valence electrons. The summed E-state index contributed by atoms with van der Waals surface area (Å²) in [7, 11) is 1.37. The SMILES string of the molecule is COc1ccc(C(=N)Cc2cncnc2)cc1[N+](=O)[O-]. The highest BCUT2D eigenvalue weighted by Gasteiger charge is 2.16. The maximum absolute atomic E-state index is 10.9. The number of nitro groups is 1. The van der Waals surface area contributed by atoms with Crippen LogP contribution in [-0.2, 0) is 6.42 Å². The summed E-state index contributed by atoms with van der Waals surface area (Å²) < 4.78 is 4.93. The van der Waals surface area contributed by atoms with Gasteiger partial charge in [-0.3, -0.25) is 10.1 Å². The summed E-state index contributed by atoms with van der Waals surface area (Å²) in [4.78, 5) is 18.2. The molecule has 1 aromatic heterocycles. The summed E-state index contributed by atoms with van der Waals surface area (Å²) in [5.41, 5.74) is 1.35. The molecule has 0 atom stereocenters. The lowest BCUT2D eigenvalue weighted by Crippen LogP contribution is -2.05. The third-order valence-corrected chi connectivity index (χ3v) is 2.72. The fourth-order valence-electron chi connectivity index (χ4n) is 1.75. The molecule has 0 saturated heterocycles. The van der Waals surface area contributed by atoms with Crippen LogP contribution in [0.2, 0.25) is 0 Å². The number of rotatable bonds is 5. The van der Waals surface area contributed by atoms with E-state index in [1.54, 1.807) is 18.5 Å². The molecule has 20 heavy (non-hydrogen) atoms. The lowest BCUT2D eigenvalue weighted by Gasteiger charge is -2.06. The Hall–Kier alpha value is -2.83. The third kappa shape index (κ3) is 2.94. The fraction of sp³-hybridized carbons (Fsp3) is 0.154. The van der Waals surface area contributed by atoms with Crippen molar-refractivity contribution in [2.45, 2.75) is 6.42 Å². The van der Waals surface area contributed by atoms with E-state index < -0.39 is 4.92 Å². The van der Waals surface area contributed by atoms with Gasteiger partial charge in [-0.15, -0.1) is 0 Å². The maximum atomic E-state index is 10.9. The topological polar surface area (TPSA) is 102 Å². The van der Waals surface area contributed by atoms with Gasteiger partial charge in [-0.05, 0) is 17.7 Å². The van der Waals surface area contributed by atoms with E-state index in [0.29, 0.717) is 12.0 Å². The van der Waals surface area contributed by atoms with Crippen molar-refractivity contribution in [1.82, 2.24) is 9.97 Å². The van der Waals surface area contributed by atoms with Crippen molar-refractivity contribution in [2.24, 2.45) is 0 Å². The first-order valence-electron chi connectivity index (χ1n) is 5.76. The van der Waals surface area contributed by atoms with Gasteiger partial charge in [-0.2, -0.15) is 0 Å². The van der Waals surface area contributed by atoms with Gasteiger partial charge in [0.2, 0.25) is 0 Å². The van der Waals surface area contributed by atoms with Gasteiger partial charge in [0.15, 0.2) is 5.75 Å². The fourth-order valence-corrected chi connectivity index (χ4v) is 1.75. The third-order valence-electron chi connectivity index (χ3n) is 2.72. The Labute approximate surface area is 114 Å². The number of nitrogens with one attached hydrogen (secondary N) is 1. The largest absolute Gasteiger partial charge is 0.490 e. The molecule has 2 rings (SSSR count). The lowest BCUT2D eigenvalue weighted by atomic mass is 10.0. The van der Waals surface area contributed by atoms with Crippen LogP contribution in [0.3, 0.4) is 0 Å². The van der Waals surface area contributed by atoms with Gasteiger partial charge in [0, 0.05) is 36.2 Å². The number of hydrogen-bond donors (Lipinski definition) is 1. The van der Waals surface area contributed by atoms with Gasteiger partial charge in [0.25, 0.3) is 0 Å². The predicted molar refractivity (Wildman–Crippen MR) is 72.2 cm³/mol. The van der Waals surface area contributed by atoms with Crippen molar-refractivity contribution in [3.8, 4) is 5.75 Å². The predicted octanol–water partition coefficient (Wildman–Crippen LogP) is 2.00. The number of benzene rings is 1. The first-order valence-corrected chi connectivity index (χ1v) is 5.76. The van der Waals surface area contributed by atoms with Crippen LogP contribution in [-0.4, -0.2) is 27.7 Å². The monoisotopic (exact) mass is 272 g/mol. The van der Waals surface area contributed by atoms with Crippen molar-refractivity contribution in [3.63, 3.8) is 0 Å². The van der Waals surface area contributed by atoms with E-state index in [1.165, 1.54) is 25.6 Å². The molecule has 0 aliphatic carbocycles. The molecule has 1 N–H and O–H groups in total. The Kier molecular flexibility index (Phi) is 3.99. The number of nitrogens with zero attached hydrogens (tertiary/aromatic N) is 3. The molecule has 1 heterocycles. The zero-order valence-corrected chi connectivity index (χ0v) is 10.7. The Bertz CT molecular complexity index is 643. The van der Waals surface area contributed by atoms with Gasteiger partial charge >= 0.3 is 5.69 Å². The number of hydrogen-bond acceptors (Lipinski definition) is 6. The second kappa shape index (κ2) is 5.87. The molecule has 0 aliphatic heterocycles. The van der Waals surface area contributed by atoms with Crippen LogP contribution in [0.15, 0.2) is 36.9 Å². The summed E-state index contributed by atoms with van der Waals surface area (Å²) in [6.45, 7) is 0. The smallest absolute Gasteiger partial charge is 0.311 e. The minimum absolute atomic E-state index is 0.154. The van der Waals surface area contributed by atoms with E-state index in [1.807, 2.05) is 0 Å². The van der Waals surface area contributed by atoms with Crippen molar-refractivity contribution >= 4 is 11.4 Å². The van der Waals surface area contributed by atoms with Crippen LogP contribution in [0.5, 0.6) is 5.75 Å². The van der Waals surface area contributed by atoms with Gasteiger partial charge in [0.05, 0.1) is 12.0 Å². The Morgan fingerprint density at radius 2 is 2.10 bits per heavy atom. The van der Waals surface area contributed by atoms with Gasteiger partial charge in [-0.1, -0.05) is 0 Å². The van der Waals surface area contributed by atoms with E-state index in [0.717, 1.165) is 5.56 Å². The average Bonchev–Trinajstić information content (AvgIpc) is 2.47. The standard InChI is InChI=1S/C13H12N4O3/c1-20-13-3-2-10(5-12(13)17(18)19)11(14)4-9-6-15-8-16-7-9/h2-3,5-8,14H,4H2,1H3. The second-order valence-corrected chi connectivity index (χ2v) is 4.05. The normalized spacial score (nSPS) is 10.1. The van der Waals surface area contributed by atoms with Crippen LogP contribution < -0.4 is 4.74 Å². The molecule has 0 amide bonds. The minimum Gasteiger partial charge on any atom is -0.490 e. The van der Waals surface area contributed by atoms with Crippen molar-refractivity contribution in [1.29, 1.82) is 5.41 Å². The Morgan fingerprint density at radius 3 is 2.70 bits per heavy atom. The van der Waals surface area contributed by atoms with Gasteiger partial charge < -0.3 is 10.1 Å². The summed E-state index contributed by atoms with van der Waals surface area (Å²) in [5.74, 6) is 0.176. The minimum atomic E-state index is -0.527. The van der Waals surface area contributed by atoms with Crippen molar-refractivity contribution in [2.75, 3.05) is 7.11 Å². The second-order valence-electron chi connectivity index (χ2n) is 4.05. The lowest BCUT2D eigenvalue weighted by molar-refractivity contribution is -0.385. The molecule has 1 aromatic carbocycles. The van der Waals surface area contributed by atoms with E-state index in [4.69, 9.17) is 10.1 Å². The molecule has 0 aliphatic rings. The average molecular weight is 272 g/mol. The highest BCUT2D eigenvalue weighted by Crippen LogP contribution is 2.27. The van der Waals surface area contributed by atoms with E-state index >= 15 is 0 Å². The molecular weight excluding hydrogens is 260 g/mol. The molecule has 0 spiro atoms. The Morgan fingerprint density at radius 1 is 1.40 bits per heavy atom. The zero-order chi connectivity index (χ0) is 14.5. The molecule has 0 fully saturated rings. The van der Waals surface area contributed by atoms with Gasteiger partial charge in [-0.25, -0.2) is 9.97 Å². The number of nitro benzene ring substituents is 1. The van der Waals surface area contributed by atoms with Crippen LogP contribution in [0.25, 0.3) is 0 Å². The first kappa shape index (κ1) is 13.6. The van der Waals surface area contributed by atoms with Crippen LogP contribution in [0, 0.1) is 15.5 Å². The molecule has 7 nitrogen and oxygen atoms in total. The zero-order valence-electron chi connectivity index (χ0n) is 10.7. The maximum Gasteiger partial charge on any atom is 0.311 e. The molecule has 7 heteroatoms. The summed E-state index contributed by atoms with van der Waals surface area (Å²) in [6.07, 6.45) is 4.94. The van der Waals surface area contributed by atoms with Crippen molar-refractivity contribution in [3.05, 3.63) is 58.2 Å². The van der Waals surface area contributed by atoms with E-state index in [-0.39, 0.29) is 17.1 Å². The summed E-state index contributed by atoms with van der Waals surface area (Å²) in [6, 6.07) is 4.45. The number of aromatic nitrogens is 2. The molecular formula is C13H12N4O3. The molecule has 0 bridgehead atoms. The summed E-state index contributed by atoms with van der Waals surface area (Å²) in [5, 5.41) is 19.0. The van der Waals surface area contributed by atoms with Crippen LogP contribution in [0.1, 0.15) is 11.1 Å². The van der Waals surface area contributed by atoms with Gasteiger partial charge in [0.1, 0.15) is 6.33 Å².